The molecular formula is C17H19N5O4S2. The van der Waals surface area contributed by atoms with Gasteiger partial charge in [-0.3, -0.25) is 4.79 Å². The maximum Gasteiger partial charge on any atom is 0.350 e. The van der Waals surface area contributed by atoms with Crippen LogP contribution >= 0.6 is 23.1 Å². The van der Waals surface area contributed by atoms with Crippen molar-refractivity contribution in [2.45, 2.75) is 25.9 Å². The van der Waals surface area contributed by atoms with Crippen molar-refractivity contribution in [1.82, 2.24) is 19.7 Å². The number of thiazole rings is 1. The van der Waals surface area contributed by atoms with Crippen LogP contribution in [0.1, 0.15) is 28.0 Å². The zero-order valence-corrected chi connectivity index (χ0v) is 17.4. The minimum absolute atomic E-state index is 0.129. The molecule has 0 aliphatic heterocycles. The van der Waals surface area contributed by atoms with Crippen molar-refractivity contribution in [3.8, 4) is 11.4 Å². The van der Waals surface area contributed by atoms with Crippen LogP contribution in [0.4, 0.5) is 5.13 Å². The fourth-order valence-electron chi connectivity index (χ4n) is 2.41. The second-order valence-electron chi connectivity index (χ2n) is 5.75. The van der Waals surface area contributed by atoms with Gasteiger partial charge in [0, 0.05) is 7.05 Å². The van der Waals surface area contributed by atoms with Crippen molar-refractivity contribution in [1.29, 1.82) is 0 Å². The fraction of sp³-hybridized carbons (Fsp3) is 0.353. The molecule has 1 amide bonds. The third kappa shape index (κ3) is 4.25. The summed E-state index contributed by atoms with van der Waals surface area (Å²) in [5.41, 5.74) is 1.39. The molecule has 3 rings (SSSR count). The lowest BCUT2D eigenvalue weighted by Gasteiger charge is -2.03. The number of amides is 1. The van der Waals surface area contributed by atoms with E-state index in [-0.39, 0.29) is 18.3 Å². The Hall–Kier alpha value is -2.66. The average Bonchev–Trinajstić information content (AvgIpc) is 3.32. The molecule has 0 spiro atoms. The van der Waals surface area contributed by atoms with E-state index in [0.29, 0.717) is 26.7 Å². The van der Waals surface area contributed by atoms with Crippen LogP contribution in [0, 0.1) is 13.8 Å². The van der Waals surface area contributed by atoms with Crippen LogP contribution in [0.25, 0.3) is 11.4 Å². The van der Waals surface area contributed by atoms with Gasteiger partial charge < -0.3 is 19.0 Å². The van der Waals surface area contributed by atoms with Gasteiger partial charge in [0.15, 0.2) is 16.1 Å². The van der Waals surface area contributed by atoms with Gasteiger partial charge in [-0.15, -0.1) is 10.2 Å². The van der Waals surface area contributed by atoms with Crippen molar-refractivity contribution in [3.63, 3.8) is 0 Å². The molecule has 0 saturated carbocycles. The Morgan fingerprint density at radius 2 is 2.14 bits per heavy atom. The second-order valence-corrected chi connectivity index (χ2v) is 7.69. The van der Waals surface area contributed by atoms with Gasteiger partial charge in [0.1, 0.15) is 10.6 Å². The van der Waals surface area contributed by atoms with Crippen molar-refractivity contribution in [2.75, 3.05) is 17.7 Å². The molecule has 3 heterocycles. The van der Waals surface area contributed by atoms with Gasteiger partial charge >= 0.3 is 5.97 Å². The van der Waals surface area contributed by atoms with E-state index < -0.39 is 5.97 Å². The fourth-order valence-corrected chi connectivity index (χ4v) is 4.00. The van der Waals surface area contributed by atoms with E-state index in [9.17, 15) is 9.59 Å². The lowest BCUT2D eigenvalue weighted by Crippen LogP contribution is -2.14. The number of carbonyl (C=O) groups excluding carboxylic acids is 2. The topological polar surface area (TPSA) is 112 Å². The highest BCUT2D eigenvalue weighted by Crippen LogP contribution is 2.27. The number of aromatic nitrogens is 4. The molecular weight excluding hydrogens is 402 g/mol. The number of anilines is 1. The van der Waals surface area contributed by atoms with Gasteiger partial charge in [0.25, 0.3) is 0 Å². The Bertz CT molecular complexity index is 1010. The molecule has 28 heavy (non-hydrogen) atoms. The molecule has 0 aromatic carbocycles. The third-order valence-corrected chi connectivity index (χ3v) is 5.84. The Morgan fingerprint density at radius 3 is 2.82 bits per heavy atom. The first kappa shape index (κ1) is 20.1. The summed E-state index contributed by atoms with van der Waals surface area (Å²) in [5.74, 6) is 0.862. The van der Waals surface area contributed by atoms with Gasteiger partial charge in [-0.05, 0) is 26.8 Å². The van der Waals surface area contributed by atoms with Crippen molar-refractivity contribution < 1.29 is 18.7 Å². The molecule has 0 atom stereocenters. The van der Waals surface area contributed by atoms with E-state index >= 15 is 0 Å². The number of nitrogens with one attached hydrogen (secondary N) is 1. The molecule has 0 radical (unpaired) electrons. The summed E-state index contributed by atoms with van der Waals surface area (Å²) in [4.78, 5) is 28.7. The van der Waals surface area contributed by atoms with Crippen LogP contribution < -0.4 is 5.32 Å². The SMILES string of the molecule is CCOC(=O)c1sc(NC(=O)CSc2nnc(-c3ccoc3C)n2C)nc1C. The Kier molecular flexibility index (Phi) is 6.15. The average molecular weight is 422 g/mol. The number of esters is 1. The predicted octanol–water partition coefficient (Wildman–Crippen LogP) is 3.06. The molecule has 0 fully saturated rings. The van der Waals surface area contributed by atoms with Crippen LogP contribution in [0.5, 0.6) is 0 Å². The molecule has 11 heteroatoms. The van der Waals surface area contributed by atoms with E-state index in [1.54, 1.807) is 20.1 Å². The van der Waals surface area contributed by atoms with E-state index in [1.165, 1.54) is 11.8 Å². The van der Waals surface area contributed by atoms with E-state index in [4.69, 9.17) is 9.15 Å². The molecule has 3 aromatic rings. The predicted molar refractivity (Wildman–Crippen MR) is 106 cm³/mol. The number of rotatable bonds is 7. The highest BCUT2D eigenvalue weighted by molar-refractivity contribution is 7.99. The van der Waals surface area contributed by atoms with Crippen LogP contribution in [0.2, 0.25) is 0 Å². The third-order valence-electron chi connectivity index (χ3n) is 3.77. The summed E-state index contributed by atoms with van der Waals surface area (Å²) in [6, 6.07) is 1.83. The summed E-state index contributed by atoms with van der Waals surface area (Å²) in [6.45, 7) is 5.57. The number of hydrogen-bond acceptors (Lipinski definition) is 9. The summed E-state index contributed by atoms with van der Waals surface area (Å²) < 4.78 is 12.1. The van der Waals surface area contributed by atoms with Gasteiger partial charge in [-0.1, -0.05) is 23.1 Å². The Labute approximate surface area is 169 Å². The van der Waals surface area contributed by atoms with Gasteiger partial charge in [0.2, 0.25) is 5.91 Å². The summed E-state index contributed by atoms with van der Waals surface area (Å²) >= 11 is 2.35. The Morgan fingerprint density at radius 1 is 1.36 bits per heavy atom. The molecule has 9 nitrogen and oxygen atoms in total. The number of ether oxygens (including phenoxy) is 1. The smallest absolute Gasteiger partial charge is 0.350 e. The lowest BCUT2D eigenvalue weighted by atomic mass is 10.2. The summed E-state index contributed by atoms with van der Waals surface area (Å²) in [5, 5.41) is 12.0. The van der Waals surface area contributed by atoms with Crippen LogP contribution in [-0.4, -0.2) is 44.0 Å². The largest absolute Gasteiger partial charge is 0.469 e. The molecule has 0 aliphatic carbocycles. The Balaban J connectivity index is 1.61. The minimum atomic E-state index is -0.437. The van der Waals surface area contributed by atoms with E-state index in [1.807, 2.05) is 24.6 Å². The normalized spacial score (nSPS) is 10.9. The summed E-state index contributed by atoms with van der Waals surface area (Å²) in [6.07, 6.45) is 1.60. The maximum atomic E-state index is 12.2. The first-order valence-corrected chi connectivity index (χ1v) is 10.2. The van der Waals surface area contributed by atoms with Crippen molar-refractivity contribution in [2.24, 2.45) is 7.05 Å². The number of thioether (sulfide) groups is 1. The molecule has 0 aliphatic rings. The first-order chi connectivity index (χ1) is 13.4. The number of furan rings is 1. The molecule has 3 aromatic heterocycles. The van der Waals surface area contributed by atoms with Gasteiger partial charge in [0.05, 0.1) is 29.9 Å². The zero-order chi connectivity index (χ0) is 20.3. The molecule has 0 saturated heterocycles. The standard InChI is InChI=1S/C17H19N5O4S2/c1-5-25-15(24)13-9(2)18-16(28-13)19-12(23)8-27-17-21-20-14(22(17)4)11-6-7-26-10(11)3/h6-7H,5,8H2,1-4H3,(H,18,19,23). The van der Waals surface area contributed by atoms with Gasteiger partial charge in [-0.25, -0.2) is 9.78 Å². The number of hydrogen-bond donors (Lipinski definition) is 1. The van der Waals surface area contributed by atoms with Crippen LogP contribution in [-0.2, 0) is 16.6 Å². The summed E-state index contributed by atoms with van der Waals surface area (Å²) in [7, 11) is 1.83. The number of aryl methyl sites for hydroxylation is 2. The van der Waals surface area contributed by atoms with Crippen molar-refractivity contribution >= 4 is 40.1 Å². The monoisotopic (exact) mass is 421 g/mol. The maximum absolute atomic E-state index is 12.2. The molecule has 0 bridgehead atoms. The number of nitrogens with zero attached hydrogens (tertiary/aromatic N) is 4. The second kappa shape index (κ2) is 8.57. The highest BCUT2D eigenvalue weighted by Gasteiger charge is 2.19. The molecule has 148 valence electrons. The zero-order valence-electron chi connectivity index (χ0n) is 15.8. The molecule has 1 N–H and O–H groups in total. The van der Waals surface area contributed by atoms with Crippen LogP contribution in [0.3, 0.4) is 0 Å². The highest BCUT2D eigenvalue weighted by atomic mass is 32.2. The van der Waals surface area contributed by atoms with E-state index in [0.717, 1.165) is 22.7 Å². The molecule has 0 unspecified atom stereocenters. The number of carbonyl (C=O) groups is 2. The van der Waals surface area contributed by atoms with Crippen LogP contribution in [0.15, 0.2) is 21.9 Å². The van der Waals surface area contributed by atoms with Gasteiger partial charge in [-0.2, -0.15) is 0 Å². The quantitative estimate of drug-likeness (QED) is 0.458. The minimum Gasteiger partial charge on any atom is -0.469 e. The van der Waals surface area contributed by atoms with Crippen molar-refractivity contribution in [3.05, 3.63) is 28.7 Å². The lowest BCUT2D eigenvalue weighted by molar-refractivity contribution is -0.113. The first-order valence-electron chi connectivity index (χ1n) is 8.41. The van der Waals surface area contributed by atoms with E-state index in [2.05, 4.69) is 20.5 Å².